The number of morpholine rings is 1. The maximum atomic E-state index is 11.9. The van der Waals surface area contributed by atoms with Gasteiger partial charge in [0.1, 0.15) is 5.92 Å². The van der Waals surface area contributed by atoms with Crippen LogP contribution in [-0.2, 0) is 9.53 Å². The van der Waals surface area contributed by atoms with Crippen molar-refractivity contribution in [1.82, 2.24) is 4.90 Å². The van der Waals surface area contributed by atoms with Crippen LogP contribution in [0.25, 0.3) is 0 Å². The van der Waals surface area contributed by atoms with Gasteiger partial charge in [-0.1, -0.05) is 6.92 Å². The van der Waals surface area contributed by atoms with E-state index in [4.69, 9.17) is 10.00 Å². The van der Waals surface area contributed by atoms with Gasteiger partial charge in [-0.3, -0.25) is 4.79 Å². The quantitative estimate of drug-likeness (QED) is 0.687. The van der Waals surface area contributed by atoms with Gasteiger partial charge in [-0.25, -0.2) is 0 Å². The Balaban J connectivity index is 2.71. The molecule has 1 aliphatic heterocycles. The van der Waals surface area contributed by atoms with E-state index >= 15 is 0 Å². The molecule has 1 fully saturated rings. The zero-order chi connectivity index (χ0) is 11.4. The van der Waals surface area contributed by atoms with Crippen LogP contribution in [0.1, 0.15) is 27.2 Å². The van der Waals surface area contributed by atoms with Gasteiger partial charge in [-0.15, -0.1) is 0 Å². The number of carbonyl (C=O) groups excluding carboxylic acids is 1. The van der Waals surface area contributed by atoms with E-state index in [1.807, 2.05) is 19.9 Å². The summed E-state index contributed by atoms with van der Waals surface area (Å²) in [6, 6.07) is 2.12. The van der Waals surface area contributed by atoms with Crippen molar-refractivity contribution in [1.29, 1.82) is 5.26 Å². The van der Waals surface area contributed by atoms with Crippen LogP contribution in [0, 0.1) is 17.2 Å². The van der Waals surface area contributed by atoms with Crippen LogP contribution in [0.3, 0.4) is 0 Å². The second-order valence-electron chi connectivity index (χ2n) is 4.05. The van der Waals surface area contributed by atoms with Gasteiger partial charge in [0.15, 0.2) is 0 Å². The van der Waals surface area contributed by atoms with Crippen LogP contribution in [-0.4, -0.2) is 36.1 Å². The Morgan fingerprint density at radius 2 is 2.40 bits per heavy atom. The van der Waals surface area contributed by atoms with Gasteiger partial charge in [-0.2, -0.15) is 5.26 Å². The Morgan fingerprint density at radius 1 is 1.73 bits per heavy atom. The van der Waals surface area contributed by atoms with Crippen LogP contribution >= 0.6 is 0 Å². The average molecular weight is 210 g/mol. The summed E-state index contributed by atoms with van der Waals surface area (Å²) in [7, 11) is 0. The van der Waals surface area contributed by atoms with Gasteiger partial charge >= 0.3 is 0 Å². The molecule has 1 aliphatic rings. The molecule has 0 aromatic carbocycles. The van der Waals surface area contributed by atoms with E-state index in [9.17, 15) is 4.79 Å². The maximum Gasteiger partial charge on any atom is 0.240 e. The lowest BCUT2D eigenvalue weighted by Gasteiger charge is -2.38. The lowest BCUT2D eigenvalue weighted by molar-refractivity contribution is -0.146. The topological polar surface area (TPSA) is 53.3 Å². The molecule has 1 saturated heterocycles. The van der Waals surface area contributed by atoms with Crippen molar-refractivity contribution < 1.29 is 9.53 Å². The first-order chi connectivity index (χ1) is 7.10. The van der Waals surface area contributed by atoms with E-state index < -0.39 is 5.92 Å². The molecule has 1 heterocycles. The number of hydrogen-bond donors (Lipinski definition) is 0. The fraction of sp³-hybridized carbons (Fsp3) is 0.818. The molecular weight excluding hydrogens is 192 g/mol. The van der Waals surface area contributed by atoms with E-state index in [2.05, 4.69) is 0 Å². The Hall–Kier alpha value is -1.08. The highest BCUT2D eigenvalue weighted by Gasteiger charge is 2.31. The van der Waals surface area contributed by atoms with Crippen LogP contribution in [0.5, 0.6) is 0 Å². The second-order valence-corrected chi connectivity index (χ2v) is 4.05. The standard InChI is InChI=1S/C11H18N2O2/c1-4-10-7-15-9(3)6-13(10)11(14)8(2)5-12/h8-10H,4,6-7H2,1-3H3. The minimum atomic E-state index is -0.552. The molecule has 84 valence electrons. The Morgan fingerprint density at radius 3 is 2.93 bits per heavy atom. The smallest absolute Gasteiger partial charge is 0.240 e. The van der Waals surface area contributed by atoms with Crippen molar-refractivity contribution in [3.05, 3.63) is 0 Å². The number of ether oxygens (including phenoxy) is 1. The molecule has 4 heteroatoms. The van der Waals surface area contributed by atoms with Crippen molar-refractivity contribution in [2.24, 2.45) is 5.92 Å². The summed E-state index contributed by atoms with van der Waals surface area (Å²) in [5.41, 5.74) is 0. The number of amides is 1. The van der Waals surface area contributed by atoms with E-state index in [1.165, 1.54) is 0 Å². The summed E-state index contributed by atoms with van der Waals surface area (Å²) in [5.74, 6) is -0.621. The summed E-state index contributed by atoms with van der Waals surface area (Å²) >= 11 is 0. The summed E-state index contributed by atoms with van der Waals surface area (Å²) in [5, 5.41) is 8.73. The van der Waals surface area contributed by atoms with Crippen LogP contribution in [0.2, 0.25) is 0 Å². The second kappa shape index (κ2) is 5.13. The number of hydrogen-bond acceptors (Lipinski definition) is 3. The normalized spacial score (nSPS) is 28.3. The monoisotopic (exact) mass is 210 g/mol. The molecule has 0 bridgehead atoms. The van der Waals surface area contributed by atoms with Crippen molar-refractivity contribution >= 4 is 5.91 Å². The first-order valence-corrected chi connectivity index (χ1v) is 5.41. The van der Waals surface area contributed by atoms with Crippen LogP contribution in [0.15, 0.2) is 0 Å². The molecule has 3 unspecified atom stereocenters. The van der Waals surface area contributed by atoms with E-state index in [0.29, 0.717) is 13.2 Å². The third kappa shape index (κ3) is 2.69. The van der Waals surface area contributed by atoms with Gasteiger partial charge in [0.2, 0.25) is 5.91 Å². The summed E-state index contributed by atoms with van der Waals surface area (Å²) in [6.45, 7) is 6.81. The first-order valence-electron chi connectivity index (χ1n) is 5.41. The Labute approximate surface area is 90.8 Å². The molecule has 1 rings (SSSR count). The minimum Gasteiger partial charge on any atom is -0.375 e. The predicted octanol–water partition coefficient (Wildman–Crippen LogP) is 1.17. The Bertz CT molecular complexity index is 272. The fourth-order valence-corrected chi connectivity index (χ4v) is 1.76. The predicted molar refractivity (Wildman–Crippen MR) is 56.0 cm³/mol. The van der Waals surface area contributed by atoms with Crippen molar-refractivity contribution in [2.45, 2.75) is 39.3 Å². The third-order valence-electron chi connectivity index (χ3n) is 2.79. The molecule has 3 atom stereocenters. The number of nitrogens with zero attached hydrogens (tertiary/aromatic N) is 2. The van der Waals surface area contributed by atoms with Crippen molar-refractivity contribution in [3.8, 4) is 6.07 Å². The molecule has 0 saturated carbocycles. The number of rotatable bonds is 2. The van der Waals surface area contributed by atoms with E-state index in [-0.39, 0.29) is 18.1 Å². The molecule has 0 aromatic rings. The average Bonchev–Trinajstić information content (AvgIpc) is 2.27. The number of carbonyl (C=O) groups is 1. The first kappa shape index (κ1) is 12.0. The van der Waals surface area contributed by atoms with Crippen molar-refractivity contribution in [2.75, 3.05) is 13.2 Å². The largest absolute Gasteiger partial charge is 0.375 e. The lowest BCUT2D eigenvalue weighted by Crippen LogP contribution is -2.52. The maximum absolute atomic E-state index is 11.9. The molecule has 0 N–H and O–H groups in total. The molecule has 0 spiro atoms. The van der Waals surface area contributed by atoms with Gasteiger partial charge < -0.3 is 9.64 Å². The molecule has 0 aromatic heterocycles. The lowest BCUT2D eigenvalue weighted by atomic mass is 10.1. The van der Waals surface area contributed by atoms with Crippen LogP contribution < -0.4 is 0 Å². The highest BCUT2D eigenvalue weighted by molar-refractivity contribution is 5.81. The van der Waals surface area contributed by atoms with E-state index in [0.717, 1.165) is 6.42 Å². The third-order valence-corrected chi connectivity index (χ3v) is 2.79. The van der Waals surface area contributed by atoms with Crippen LogP contribution in [0.4, 0.5) is 0 Å². The number of nitriles is 1. The van der Waals surface area contributed by atoms with Gasteiger partial charge in [-0.05, 0) is 20.3 Å². The van der Waals surface area contributed by atoms with Gasteiger partial charge in [0, 0.05) is 6.54 Å². The highest BCUT2D eigenvalue weighted by Crippen LogP contribution is 2.17. The molecule has 4 nitrogen and oxygen atoms in total. The molecular formula is C11H18N2O2. The van der Waals surface area contributed by atoms with E-state index in [1.54, 1.807) is 11.8 Å². The summed E-state index contributed by atoms with van der Waals surface area (Å²) < 4.78 is 5.50. The zero-order valence-corrected chi connectivity index (χ0v) is 9.56. The van der Waals surface area contributed by atoms with Gasteiger partial charge in [0.25, 0.3) is 0 Å². The highest BCUT2D eigenvalue weighted by atomic mass is 16.5. The zero-order valence-electron chi connectivity index (χ0n) is 9.56. The molecule has 1 amide bonds. The Kier molecular flexibility index (Phi) is 4.10. The molecule has 15 heavy (non-hydrogen) atoms. The minimum absolute atomic E-state index is 0.0699. The summed E-state index contributed by atoms with van der Waals surface area (Å²) in [4.78, 5) is 13.7. The van der Waals surface area contributed by atoms with Gasteiger partial charge in [0.05, 0.1) is 24.8 Å². The summed E-state index contributed by atoms with van der Waals surface area (Å²) in [6.07, 6.45) is 0.944. The van der Waals surface area contributed by atoms with Crippen molar-refractivity contribution in [3.63, 3.8) is 0 Å². The SMILES string of the molecule is CCC1COC(C)CN1C(=O)C(C)C#N. The molecule has 0 aliphatic carbocycles. The molecule has 0 radical (unpaired) electrons. The fourth-order valence-electron chi connectivity index (χ4n) is 1.76.